The zero-order chi connectivity index (χ0) is 19.2. The number of carbonyl (C=O) groups excluding carboxylic acids is 2. The molecule has 0 aliphatic heterocycles. The lowest BCUT2D eigenvalue weighted by Gasteiger charge is -2.14. The fourth-order valence-corrected chi connectivity index (χ4v) is 3.07. The summed E-state index contributed by atoms with van der Waals surface area (Å²) in [6.45, 7) is 0.0322. The van der Waals surface area contributed by atoms with E-state index in [9.17, 15) is 14.7 Å². The molecule has 2 N–H and O–H groups in total. The molecule has 1 amide bonds. The summed E-state index contributed by atoms with van der Waals surface area (Å²) in [4.78, 5) is 22.8. The maximum absolute atomic E-state index is 11.9. The van der Waals surface area contributed by atoms with Gasteiger partial charge in [-0.1, -0.05) is 54.5 Å². The van der Waals surface area contributed by atoms with Gasteiger partial charge in [-0.05, 0) is 22.3 Å². The second-order valence-corrected chi connectivity index (χ2v) is 5.98. The van der Waals surface area contributed by atoms with Gasteiger partial charge in [0.15, 0.2) is 0 Å². The first-order valence-electron chi connectivity index (χ1n) is 8.46. The van der Waals surface area contributed by atoms with Crippen molar-refractivity contribution >= 4 is 12.1 Å². The highest BCUT2D eigenvalue weighted by atomic mass is 16.5. The molecule has 0 spiro atoms. The monoisotopic (exact) mass is 365 g/mol. The number of rotatable bonds is 4. The summed E-state index contributed by atoms with van der Waals surface area (Å²) in [7, 11) is 1.19. The maximum Gasteiger partial charge on any atom is 0.407 e. The minimum atomic E-state index is -1.19. The molecule has 1 unspecified atom stereocenters. The average molecular weight is 365 g/mol. The van der Waals surface area contributed by atoms with Crippen LogP contribution in [-0.2, 0) is 14.3 Å². The Morgan fingerprint density at radius 2 is 1.70 bits per heavy atom. The van der Waals surface area contributed by atoms with Crippen molar-refractivity contribution < 1.29 is 24.2 Å². The molecule has 0 radical (unpaired) electrons. The average Bonchev–Trinajstić information content (AvgIpc) is 3.02. The van der Waals surface area contributed by atoms with Gasteiger partial charge in [-0.25, -0.2) is 9.59 Å². The third kappa shape index (κ3) is 4.27. The van der Waals surface area contributed by atoms with Gasteiger partial charge in [0, 0.05) is 11.8 Å². The molecule has 0 aromatic heterocycles. The second-order valence-electron chi connectivity index (χ2n) is 5.98. The Kier molecular flexibility index (Phi) is 5.74. The number of methoxy groups -OCH3 is 1. The van der Waals surface area contributed by atoms with Crippen LogP contribution >= 0.6 is 0 Å². The van der Waals surface area contributed by atoms with Crippen LogP contribution in [0.5, 0.6) is 0 Å². The van der Waals surface area contributed by atoms with Crippen LogP contribution in [0.4, 0.5) is 4.79 Å². The number of nitrogens with one attached hydrogen (secondary N) is 1. The predicted octanol–water partition coefficient (Wildman–Crippen LogP) is 2.06. The first-order chi connectivity index (χ1) is 13.1. The smallest absolute Gasteiger partial charge is 0.407 e. The van der Waals surface area contributed by atoms with Crippen molar-refractivity contribution in [3.63, 3.8) is 0 Å². The van der Waals surface area contributed by atoms with Crippen LogP contribution < -0.4 is 5.32 Å². The zero-order valence-corrected chi connectivity index (χ0v) is 14.8. The van der Waals surface area contributed by atoms with Crippen molar-refractivity contribution in [3.8, 4) is 23.0 Å². The van der Waals surface area contributed by atoms with Crippen LogP contribution in [0.1, 0.15) is 17.0 Å². The van der Waals surface area contributed by atoms with Gasteiger partial charge in [-0.2, -0.15) is 0 Å². The number of esters is 1. The number of carbonyl (C=O) groups is 2. The molecule has 27 heavy (non-hydrogen) atoms. The van der Waals surface area contributed by atoms with E-state index in [-0.39, 0.29) is 19.1 Å². The molecule has 138 valence electrons. The summed E-state index contributed by atoms with van der Waals surface area (Å²) >= 11 is 0. The Morgan fingerprint density at radius 3 is 2.30 bits per heavy atom. The van der Waals surface area contributed by atoms with Gasteiger partial charge >= 0.3 is 12.1 Å². The predicted molar refractivity (Wildman–Crippen MR) is 98.9 cm³/mol. The highest BCUT2D eigenvalue weighted by Gasteiger charge is 2.28. The van der Waals surface area contributed by atoms with Gasteiger partial charge in [0.2, 0.25) is 0 Å². The van der Waals surface area contributed by atoms with Crippen LogP contribution in [0, 0.1) is 11.8 Å². The second kappa shape index (κ2) is 8.39. The van der Waals surface area contributed by atoms with Gasteiger partial charge < -0.3 is 19.9 Å². The lowest BCUT2D eigenvalue weighted by atomic mass is 9.98. The minimum absolute atomic E-state index is 0.0350. The number of benzene rings is 2. The molecular formula is C21H19NO5. The summed E-state index contributed by atoms with van der Waals surface area (Å²) in [6, 6.07) is 16.1. The largest absolute Gasteiger partial charge is 0.459 e. The fraction of sp³-hybridized carbons (Fsp3) is 0.238. The Morgan fingerprint density at radius 1 is 1.11 bits per heavy atom. The Balaban J connectivity index is 1.58. The lowest BCUT2D eigenvalue weighted by Crippen LogP contribution is -2.32. The standard InChI is InChI=1S/C21H19NO5/c1-26-20(24)11-10-14(23)12-22-21(25)27-13-19-17-8-4-2-6-15(17)16-7-3-5-9-18(16)19/h2-9,14,19,23H,12-13H2,1H3,(H,22,25). The minimum Gasteiger partial charge on any atom is -0.459 e. The number of aliphatic hydroxyl groups excluding tert-OH is 1. The number of amides is 1. The van der Waals surface area contributed by atoms with E-state index in [1.165, 1.54) is 7.11 Å². The van der Waals surface area contributed by atoms with Crippen LogP contribution in [0.2, 0.25) is 0 Å². The van der Waals surface area contributed by atoms with Crippen LogP contribution in [0.3, 0.4) is 0 Å². The number of alkyl carbamates (subject to hydrolysis) is 1. The van der Waals surface area contributed by atoms with E-state index in [2.05, 4.69) is 34.0 Å². The summed E-state index contributed by atoms with van der Waals surface area (Å²) < 4.78 is 9.68. The summed E-state index contributed by atoms with van der Waals surface area (Å²) in [5.74, 6) is 3.58. The quantitative estimate of drug-likeness (QED) is 0.492. The molecule has 0 fully saturated rings. The van der Waals surface area contributed by atoms with Crippen molar-refractivity contribution in [2.24, 2.45) is 0 Å². The number of aliphatic hydroxyl groups is 1. The molecule has 1 aliphatic rings. The first kappa shape index (κ1) is 18.5. The zero-order valence-electron chi connectivity index (χ0n) is 14.8. The highest BCUT2D eigenvalue weighted by molar-refractivity contribution is 5.88. The lowest BCUT2D eigenvalue weighted by molar-refractivity contribution is -0.133. The van der Waals surface area contributed by atoms with E-state index < -0.39 is 18.2 Å². The number of ether oxygens (including phenoxy) is 2. The molecule has 6 heteroatoms. The number of hydrogen-bond donors (Lipinski definition) is 2. The number of hydrogen-bond acceptors (Lipinski definition) is 5. The molecule has 2 aromatic rings. The van der Waals surface area contributed by atoms with Gasteiger partial charge in [-0.15, -0.1) is 0 Å². The Hall–Kier alpha value is -3.30. The van der Waals surface area contributed by atoms with Crippen molar-refractivity contribution in [1.82, 2.24) is 5.32 Å². The number of fused-ring (bicyclic) bond motifs is 3. The van der Waals surface area contributed by atoms with E-state index in [4.69, 9.17) is 4.74 Å². The fourth-order valence-electron chi connectivity index (χ4n) is 3.07. The van der Waals surface area contributed by atoms with E-state index in [1.807, 2.05) is 36.4 Å². The molecule has 0 heterocycles. The normalized spacial score (nSPS) is 12.8. The van der Waals surface area contributed by atoms with Crippen LogP contribution in [0.25, 0.3) is 11.1 Å². The molecule has 2 aromatic carbocycles. The molecule has 3 rings (SSSR count). The van der Waals surface area contributed by atoms with Gasteiger partial charge in [-0.3, -0.25) is 0 Å². The summed E-state index contributed by atoms with van der Waals surface area (Å²) in [5, 5.41) is 12.1. The molecule has 1 atom stereocenters. The summed E-state index contributed by atoms with van der Waals surface area (Å²) in [6.07, 6.45) is -1.85. The first-order valence-corrected chi connectivity index (χ1v) is 8.46. The van der Waals surface area contributed by atoms with E-state index in [1.54, 1.807) is 0 Å². The highest BCUT2D eigenvalue weighted by Crippen LogP contribution is 2.44. The molecule has 0 saturated heterocycles. The molecule has 1 aliphatic carbocycles. The van der Waals surface area contributed by atoms with Gasteiger partial charge in [0.1, 0.15) is 12.7 Å². The van der Waals surface area contributed by atoms with E-state index in [0.29, 0.717) is 0 Å². The van der Waals surface area contributed by atoms with Crippen molar-refractivity contribution in [2.75, 3.05) is 20.3 Å². The molecule has 0 bridgehead atoms. The van der Waals surface area contributed by atoms with Crippen LogP contribution in [-0.4, -0.2) is 43.5 Å². The third-order valence-corrected chi connectivity index (χ3v) is 4.31. The van der Waals surface area contributed by atoms with Gasteiger partial charge in [0.25, 0.3) is 0 Å². The summed E-state index contributed by atoms with van der Waals surface area (Å²) in [5.41, 5.74) is 4.54. The SMILES string of the molecule is COC(=O)C#CC(O)CNC(=O)OCC1c2ccccc2-c2ccccc21. The van der Waals surface area contributed by atoms with E-state index in [0.717, 1.165) is 22.3 Å². The Labute approximate surface area is 157 Å². The topological polar surface area (TPSA) is 84.9 Å². The maximum atomic E-state index is 11.9. The van der Waals surface area contributed by atoms with Crippen molar-refractivity contribution in [3.05, 3.63) is 59.7 Å². The van der Waals surface area contributed by atoms with Crippen molar-refractivity contribution in [2.45, 2.75) is 12.0 Å². The van der Waals surface area contributed by atoms with Gasteiger partial charge in [0.05, 0.1) is 13.7 Å². The molecule has 6 nitrogen and oxygen atoms in total. The van der Waals surface area contributed by atoms with E-state index >= 15 is 0 Å². The van der Waals surface area contributed by atoms with Crippen molar-refractivity contribution in [1.29, 1.82) is 0 Å². The Bertz CT molecular complexity index is 867. The molecular weight excluding hydrogens is 346 g/mol. The molecule has 0 saturated carbocycles. The third-order valence-electron chi connectivity index (χ3n) is 4.31. The van der Waals surface area contributed by atoms with Crippen LogP contribution in [0.15, 0.2) is 48.5 Å².